The van der Waals surface area contributed by atoms with Crippen LogP contribution in [0, 0.1) is 5.92 Å². The normalized spacial score (nSPS) is 20.7. The van der Waals surface area contributed by atoms with E-state index in [-0.39, 0.29) is 42.9 Å². The molecule has 0 radical (unpaired) electrons. The maximum absolute atomic E-state index is 13.0. The van der Waals surface area contributed by atoms with Gasteiger partial charge in [-0.15, -0.1) is 0 Å². The molecule has 6 rings (SSSR count). The number of hydrogen-bond donors (Lipinski definition) is 0. The fraction of sp³-hybridized carbons (Fsp3) is 0.364. The second-order valence-corrected chi connectivity index (χ2v) is 10.5. The van der Waals surface area contributed by atoms with Crippen LogP contribution in [0.25, 0.3) is 11.1 Å². The number of rotatable bonds is 6. The zero-order valence-corrected chi connectivity index (χ0v) is 23.0. The van der Waals surface area contributed by atoms with Gasteiger partial charge in [-0.2, -0.15) is 0 Å². The van der Waals surface area contributed by atoms with Crippen LogP contribution in [0.3, 0.4) is 0 Å². The number of likely N-dealkylation sites (tertiary alicyclic amines) is 1. The summed E-state index contributed by atoms with van der Waals surface area (Å²) in [6.07, 6.45) is 1.37. The summed E-state index contributed by atoms with van der Waals surface area (Å²) in [6, 6.07) is 25.7. The van der Waals surface area contributed by atoms with Crippen LogP contribution in [0.1, 0.15) is 49.3 Å². The summed E-state index contributed by atoms with van der Waals surface area (Å²) < 4.78 is 16.3. The Kier molecular flexibility index (Phi) is 8.60. The molecule has 208 valence electrons. The molecule has 0 bridgehead atoms. The molecule has 0 unspecified atom stereocenters. The summed E-state index contributed by atoms with van der Waals surface area (Å²) in [5.41, 5.74) is 5.79. The van der Waals surface area contributed by atoms with Crippen LogP contribution in [-0.2, 0) is 30.4 Å². The van der Waals surface area contributed by atoms with Crippen LogP contribution in [0.4, 0.5) is 4.79 Å². The smallest absolute Gasteiger partial charge is 0.410 e. The zero-order valence-electron chi connectivity index (χ0n) is 23.0. The van der Waals surface area contributed by atoms with Crippen LogP contribution in [0.5, 0.6) is 0 Å². The fourth-order valence-corrected chi connectivity index (χ4v) is 6.00. The number of amides is 1. The summed E-state index contributed by atoms with van der Waals surface area (Å²) in [4.78, 5) is 37.3. The predicted octanol–water partition coefficient (Wildman–Crippen LogP) is 5.75. The Morgan fingerprint density at radius 3 is 2.15 bits per heavy atom. The third kappa shape index (κ3) is 5.80. The molecule has 2 heterocycles. The largest absolute Gasteiger partial charge is 0.461 e. The second kappa shape index (κ2) is 12.5. The maximum Gasteiger partial charge on any atom is 0.410 e. The average molecular weight is 542 g/mol. The van der Waals surface area contributed by atoms with Crippen molar-refractivity contribution in [2.45, 2.75) is 51.4 Å². The molecule has 7 nitrogen and oxygen atoms in total. The Morgan fingerprint density at radius 1 is 0.900 bits per heavy atom. The van der Waals surface area contributed by atoms with E-state index >= 15 is 0 Å². The highest BCUT2D eigenvalue weighted by Gasteiger charge is 2.52. The molecule has 2 fully saturated rings. The number of nitrogens with zero attached hydrogens (tertiary/aromatic N) is 1. The van der Waals surface area contributed by atoms with Gasteiger partial charge in [-0.1, -0.05) is 92.2 Å². The van der Waals surface area contributed by atoms with Gasteiger partial charge in [-0.3, -0.25) is 14.5 Å². The third-order valence-corrected chi connectivity index (χ3v) is 7.81. The quantitative estimate of drug-likeness (QED) is 0.370. The lowest BCUT2D eigenvalue weighted by atomic mass is 9.97. The van der Waals surface area contributed by atoms with Gasteiger partial charge in [0.15, 0.2) is 5.78 Å². The Bertz CT molecular complexity index is 1310. The van der Waals surface area contributed by atoms with Crippen molar-refractivity contribution in [1.29, 1.82) is 0 Å². The van der Waals surface area contributed by atoms with Gasteiger partial charge in [-0.25, -0.2) is 4.79 Å². The van der Waals surface area contributed by atoms with E-state index in [1.807, 2.05) is 54.6 Å². The molecule has 1 amide bonds. The van der Waals surface area contributed by atoms with Crippen molar-refractivity contribution in [3.63, 3.8) is 0 Å². The SMILES string of the molecule is CC(=O)OCc1ccccc1.CCC[C@H]1CN(C(=O)OCC2c3ccccc3-c3ccccc32)[C@@H]2C(=O)CO[C@H]12. The highest BCUT2D eigenvalue weighted by Crippen LogP contribution is 2.44. The molecule has 3 aromatic rings. The Morgan fingerprint density at radius 2 is 1.52 bits per heavy atom. The maximum atomic E-state index is 13.0. The average Bonchev–Trinajstić information content (AvgIpc) is 3.64. The molecule has 2 saturated heterocycles. The molecular formula is C33H35NO6. The number of carbonyl (C=O) groups excluding carboxylic acids is 3. The van der Waals surface area contributed by atoms with Crippen molar-refractivity contribution in [1.82, 2.24) is 4.90 Å². The molecule has 3 atom stereocenters. The molecular weight excluding hydrogens is 506 g/mol. The summed E-state index contributed by atoms with van der Waals surface area (Å²) >= 11 is 0. The van der Waals surface area contributed by atoms with Crippen LogP contribution >= 0.6 is 0 Å². The van der Waals surface area contributed by atoms with Crippen molar-refractivity contribution in [2.24, 2.45) is 5.92 Å². The van der Waals surface area contributed by atoms with Crippen molar-refractivity contribution in [2.75, 3.05) is 19.8 Å². The van der Waals surface area contributed by atoms with E-state index in [1.54, 1.807) is 4.90 Å². The molecule has 1 aliphatic carbocycles. The first-order valence-corrected chi connectivity index (χ1v) is 13.9. The lowest BCUT2D eigenvalue weighted by molar-refractivity contribution is -0.142. The van der Waals surface area contributed by atoms with Gasteiger partial charge in [0, 0.05) is 25.3 Å². The van der Waals surface area contributed by atoms with Crippen molar-refractivity contribution < 1.29 is 28.6 Å². The van der Waals surface area contributed by atoms with Gasteiger partial charge in [0.05, 0.1) is 6.10 Å². The molecule has 3 aliphatic rings. The van der Waals surface area contributed by atoms with Crippen molar-refractivity contribution in [3.05, 3.63) is 95.6 Å². The number of ketones is 1. The van der Waals surface area contributed by atoms with E-state index in [9.17, 15) is 14.4 Å². The fourth-order valence-electron chi connectivity index (χ4n) is 6.00. The lowest BCUT2D eigenvalue weighted by Crippen LogP contribution is -2.42. The molecule has 7 heteroatoms. The second-order valence-electron chi connectivity index (χ2n) is 10.5. The Labute approximate surface area is 235 Å². The number of fused-ring (bicyclic) bond motifs is 4. The first-order chi connectivity index (χ1) is 19.5. The monoisotopic (exact) mass is 541 g/mol. The highest BCUT2D eigenvalue weighted by atomic mass is 16.6. The molecule has 2 aliphatic heterocycles. The standard InChI is InChI=1S/C24H25NO4.C9H10O2/c1-2-7-15-12-25(22-21(26)14-28-23(15)22)24(27)29-13-20-18-10-5-3-8-16(18)17-9-4-6-11-19(17)20;1-8(10)11-7-9-5-3-2-4-6-9/h3-6,8-11,15,20,22-23H,2,7,12-14H2,1H3;2-6H,7H2,1H3/t15-,22+,23+;/m0./s1. The minimum Gasteiger partial charge on any atom is -0.461 e. The van der Waals surface area contributed by atoms with Crippen LogP contribution in [-0.4, -0.2) is 54.7 Å². The number of Topliss-reactive ketones (excluding diaryl/α,β-unsaturated/α-hetero) is 1. The van der Waals surface area contributed by atoms with E-state index in [4.69, 9.17) is 14.2 Å². The number of esters is 1. The third-order valence-electron chi connectivity index (χ3n) is 7.81. The zero-order chi connectivity index (χ0) is 28.1. The number of ether oxygens (including phenoxy) is 3. The Hall–Kier alpha value is -3.97. The van der Waals surface area contributed by atoms with Gasteiger partial charge in [0.1, 0.15) is 25.9 Å². The predicted molar refractivity (Wildman–Crippen MR) is 151 cm³/mol. The highest BCUT2D eigenvalue weighted by molar-refractivity contribution is 5.91. The van der Waals surface area contributed by atoms with Gasteiger partial charge < -0.3 is 14.2 Å². The molecule has 0 spiro atoms. The Balaban J connectivity index is 0.000000248. The molecule has 0 saturated carbocycles. The summed E-state index contributed by atoms with van der Waals surface area (Å²) in [5.74, 6) is -0.0281. The van der Waals surface area contributed by atoms with E-state index in [0.29, 0.717) is 13.2 Å². The minimum absolute atomic E-state index is 0.0119. The van der Waals surface area contributed by atoms with Crippen LogP contribution in [0.2, 0.25) is 0 Å². The molecule has 40 heavy (non-hydrogen) atoms. The molecule has 3 aromatic carbocycles. The van der Waals surface area contributed by atoms with Crippen molar-refractivity contribution >= 4 is 17.8 Å². The van der Waals surface area contributed by atoms with E-state index in [2.05, 4.69) is 31.2 Å². The van der Waals surface area contributed by atoms with Gasteiger partial charge in [-0.05, 0) is 34.2 Å². The topological polar surface area (TPSA) is 82.1 Å². The molecule has 0 aromatic heterocycles. The van der Waals surface area contributed by atoms with E-state index in [1.165, 1.54) is 29.2 Å². The molecule has 0 N–H and O–H groups in total. The summed E-state index contributed by atoms with van der Waals surface area (Å²) in [5, 5.41) is 0. The summed E-state index contributed by atoms with van der Waals surface area (Å²) in [7, 11) is 0. The number of benzene rings is 3. The van der Waals surface area contributed by atoms with Gasteiger partial charge in [0.2, 0.25) is 0 Å². The summed E-state index contributed by atoms with van der Waals surface area (Å²) in [6.45, 7) is 4.80. The van der Waals surface area contributed by atoms with Crippen molar-refractivity contribution in [3.8, 4) is 11.1 Å². The minimum atomic E-state index is -0.484. The first-order valence-electron chi connectivity index (χ1n) is 13.9. The van der Waals surface area contributed by atoms with Gasteiger partial charge in [0.25, 0.3) is 0 Å². The van der Waals surface area contributed by atoms with Gasteiger partial charge >= 0.3 is 12.1 Å². The lowest BCUT2D eigenvalue weighted by Gasteiger charge is -2.22. The van der Waals surface area contributed by atoms with E-state index in [0.717, 1.165) is 18.4 Å². The number of carbonyl (C=O) groups is 3. The first kappa shape index (κ1) is 27.6. The van der Waals surface area contributed by atoms with E-state index < -0.39 is 12.1 Å². The van der Waals surface area contributed by atoms with Crippen LogP contribution in [0.15, 0.2) is 78.9 Å². The van der Waals surface area contributed by atoms with Crippen LogP contribution < -0.4 is 0 Å². The number of hydrogen-bond acceptors (Lipinski definition) is 6.